The number of nitrogens with one attached hydrogen (secondary N) is 1. The Balaban J connectivity index is 1.87. The minimum absolute atomic E-state index is 0.0233. The van der Waals surface area contributed by atoms with E-state index in [1.54, 1.807) is 11.0 Å². The smallest absolute Gasteiger partial charge is 0.243 e. The van der Waals surface area contributed by atoms with Crippen molar-refractivity contribution in [3.8, 4) is 0 Å². The van der Waals surface area contributed by atoms with Gasteiger partial charge in [0.2, 0.25) is 21.8 Å². The minimum Gasteiger partial charge on any atom is -0.354 e. The molecule has 0 saturated carbocycles. The fourth-order valence-corrected chi connectivity index (χ4v) is 5.71. The predicted molar refractivity (Wildman–Crippen MR) is 164 cm³/mol. The topological polar surface area (TPSA) is 86.8 Å². The molecule has 0 aromatic heterocycles. The number of carbonyl (C=O) groups is 2. The highest BCUT2D eigenvalue weighted by molar-refractivity contribution is 9.10. The Morgan fingerprint density at radius 2 is 1.59 bits per heavy atom. The molecule has 0 aliphatic rings. The van der Waals surface area contributed by atoms with E-state index in [4.69, 9.17) is 0 Å². The van der Waals surface area contributed by atoms with Crippen LogP contribution in [0.1, 0.15) is 43.7 Å². The van der Waals surface area contributed by atoms with Crippen LogP contribution in [0.3, 0.4) is 0 Å². The Bertz CT molecular complexity index is 1390. The average Bonchev–Trinajstić information content (AvgIpc) is 2.94. The van der Waals surface area contributed by atoms with E-state index in [2.05, 4.69) is 21.2 Å². The van der Waals surface area contributed by atoms with Crippen LogP contribution >= 0.6 is 15.9 Å². The van der Waals surface area contributed by atoms with Crippen LogP contribution in [0.5, 0.6) is 0 Å². The van der Waals surface area contributed by atoms with Crippen LogP contribution in [-0.2, 0) is 32.6 Å². The molecule has 2 amide bonds. The molecule has 10 heteroatoms. The molecule has 1 unspecified atom stereocenters. The van der Waals surface area contributed by atoms with Gasteiger partial charge >= 0.3 is 0 Å². The van der Waals surface area contributed by atoms with Crippen molar-refractivity contribution >= 4 is 43.5 Å². The summed E-state index contributed by atoms with van der Waals surface area (Å²) in [5.41, 5.74) is 1.70. The van der Waals surface area contributed by atoms with E-state index in [0.29, 0.717) is 13.0 Å². The van der Waals surface area contributed by atoms with Crippen LogP contribution < -0.4 is 9.62 Å². The predicted octanol–water partition coefficient (Wildman–Crippen LogP) is 5.69. The fourth-order valence-electron chi connectivity index (χ4n) is 4.48. The Morgan fingerprint density at radius 1 is 0.927 bits per heavy atom. The van der Waals surface area contributed by atoms with Crippen LogP contribution in [0.15, 0.2) is 83.3 Å². The molecule has 0 aliphatic carbocycles. The molecule has 1 atom stereocenters. The van der Waals surface area contributed by atoms with Gasteiger partial charge in [0, 0.05) is 36.9 Å². The van der Waals surface area contributed by atoms with Gasteiger partial charge in [0.05, 0.1) is 11.9 Å². The molecule has 1 N–H and O–H groups in total. The zero-order chi connectivity index (χ0) is 29.8. The zero-order valence-corrected chi connectivity index (χ0v) is 25.8. The highest BCUT2D eigenvalue weighted by Gasteiger charge is 2.30. The Morgan fingerprint density at radius 3 is 2.22 bits per heavy atom. The lowest BCUT2D eigenvalue weighted by atomic mass is 10.0. The maximum Gasteiger partial charge on any atom is 0.243 e. The summed E-state index contributed by atoms with van der Waals surface area (Å²) in [6, 6.07) is 21.9. The molecule has 0 bridgehead atoms. The first-order valence-electron chi connectivity index (χ1n) is 13.7. The fraction of sp³-hybridized carbons (Fsp3) is 0.355. The molecule has 3 rings (SSSR count). The number of rotatable bonds is 15. The number of benzene rings is 3. The van der Waals surface area contributed by atoms with Crippen LogP contribution in [-0.4, -0.2) is 50.5 Å². The molecule has 0 saturated heterocycles. The van der Waals surface area contributed by atoms with Gasteiger partial charge in [-0.25, -0.2) is 12.8 Å². The number of anilines is 1. The van der Waals surface area contributed by atoms with E-state index < -0.39 is 21.9 Å². The molecule has 220 valence electrons. The summed E-state index contributed by atoms with van der Waals surface area (Å²) < 4.78 is 41.3. The van der Waals surface area contributed by atoms with E-state index >= 15 is 0 Å². The number of hydrogen-bond acceptors (Lipinski definition) is 4. The van der Waals surface area contributed by atoms with Gasteiger partial charge in [-0.05, 0) is 48.2 Å². The summed E-state index contributed by atoms with van der Waals surface area (Å²) in [6.45, 7) is 2.67. The largest absolute Gasteiger partial charge is 0.354 e. The number of sulfonamides is 1. The second-order valence-corrected chi connectivity index (χ2v) is 12.7. The van der Waals surface area contributed by atoms with Crippen molar-refractivity contribution < 1.29 is 22.4 Å². The number of carbonyl (C=O) groups excluding carboxylic acids is 2. The molecular weight excluding hydrogens is 609 g/mol. The first kappa shape index (κ1) is 32.3. The van der Waals surface area contributed by atoms with Gasteiger partial charge in [-0.15, -0.1) is 0 Å². The van der Waals surface area contributed by atoms with Gasteiger partial charge in [0.25, 0.3) is 0 Å². The molecule has 0 aliphatic heterocycles. The number of nitrogens with zero attached hydrogens (tertiary/aromatic N) is 2. The molecule has 0 spiro atoms. The molecule has 0 fully saturated rings. The van der Waals surface area contributed by atoms with E-state index in [1.807, 2.05) is 61.5 Å². The number of amides is 2. The Hall–Kier alpha value is -3.24. The van der Waals surface area contributed by atoms with Gasteiger partial charge in [0.1, 0.15) is 11.9 Å². The summed E-state index contributed by atoms with van der Waals surface area (Å²) in [4.78, 5) is 28.9. The van der Waals surface area contributed by atoms with Crippen molar-refractivity contribution in [2.75, 3.05) is 23.7 Å². The maximum atomic E-state index is 14.5. The van der Waals surface area contributed by atoms with Crippen molar-refractivity contribution in [2.45, 2.75) is 51.6 Å². The minimum atomic E-state index is -3.79. The van der Waals surface area contributed by atoms with Crippen molar-refractivity contribution in [3.05, 3.63) is 100 Å². The lowest BCUT2D eigenvalue weighted by Gasteiger charge is -2.32. The maximum absolute atomic E-state index is 14.5. The first-order valence-corrected chi connectivity index (χ1v) is 16.3. The SMILES string of the molecule is CCCCNC(=O)C(Cc1ccccc1)N(Cc1ccc(Br)cc1)C(=O)CCCN(c1ccccc1F)S(C)(=O)=O. The molecule has 3 aromatic carbocycles. The van der Waals surface area contributed by atoms with E-state index in [9.17, 15) is 22.4 Å². The number of unbranched alkanes of at least 4 members (excludes halogenated alkanes) is 1. The van der Waals surface area contributed by atoms with E-state index in [-0.39, 0.29) is 43.4 Å². The molecular formula is C31H37BrFN3O4S. The van der Waals surface area contributed by atoms with Crippen molar-refractivity contribution in [3.63, 3.8) is 0 Å². The van der Waals surface area contributed by atoms with Gasteiger partial charge in [-0.2, -0.15) is 0 Å². The first-order chi connectivity index (χ1) is 19.6. The lowest BCUT2D eigenvalue weighted by molar-refractivity contribution is -0.141. The van der Waals surface area contributed by atoms with Gasteiger partial charge in [0.15, 0.2) is 0 Å². The molecule has 0 radical (unpaired) electrons. The third kappa shape index (κ3) is 9.97. The summed E-state index contributed by atoms with van der Waals surface area (Å²) in [6.07, 6.45) is 3.20. The second-order valence-electron chi connectivity index (χ2n) is 9.89. The third-order valence-corrected chi connectivity index (χ3v) is 8.35. The quantitative estimate of drug-likeness (QED) is 0.215. The lowest BCUT2D eigenvalue weighted by Crippen LogP contribution is -2.50. The number of hydrogen-bond donors (Lipinski definition) is 1. The van der Waals surface area contributed by atoms with Crippen LogP contribution in [0.4, 0.5) is 10.1 Å². The summed E-state index contributed by atoms with van der Waals surface area (Å²) in [5.74, 6) is -1.19. The third-order valence-electron chi connectivity index (χ3n) is 6.64. The van der Waals surface area contributed by atoms with Crippen LogP contribution in [0, 0.1) is 5.82 Å². The summed E-state index contributed by atoms with van der Waals surface area (Å²) in [7, 11) is -3.79. The van der Waals surface area contributed by atoms with Crippen LogP contribution in [0.25, 0.3) is 0 Å². The van der Waals surface area contributed by atoms with Crippen molar-refractivity contribution in [1.82, 2.24) is 10.2 Å². The molecule has 7 nitrogen and oxygen atoms in total. The molecule has 0 heterocycles. The van der Waals surface area contributed by atoms with Crippen LogP contribution in [0.2, 0.25) is 0 Å². The monoisotopic (exact) mass is 645 g/mol. The normalized spacial score (nSPS) is 12.0. The van der Waals surface area contributed by atoms with Gasteiger partial charge in [-0.3, -0.25) is 13.9 Å². The molecule has 3 aromatic rings. The van der Waals surface area contributed by atoms with Crippen molar-refractivity contribution in [1.29, 1.82) is 0 Å². The van der Waals surface area contributed by atoms with Gasteiger partial charge < -0.3 is 10.2 Å². The highest BCUT2D eigenvalue weighted by Crippen LogP contribution is 2.23. The number of para-hydroxylation sites is 1. The standard InChI is InChI=1S/C31H37BrFN3O4S/c1-3-4-20-34-31(38)29(22-24-11-6-5-7-12-24)35(23-25-16-18-26(32)19-17-25)30(37)15-10-21-36(41(2,39)40)28-14-9-8-13-27(28)33/h5-9,11-14,16-19,29H,3-4,10,15,20-23H2,1-2H3,(H,34,38). The Kier molecular flexibility index (Phi) is 12.3. The highest BCUT2D eigenvalue weighted by atomic mass is 79.9. The van der Waals surface area contributed by atoms with E-state index in [1.165, 1.54) is 18.2 Å². The zero-order valence-electron chi connectivity index (χ0n) is 23.4. The van der Waals surface area contributed by atoms with Gasteiger partial charge in [-0.1, -0.05) is 83.9 Å². The molecule has 41 heavy (non-hydrogen) atoms. The van der Waals surface area contributed by atoms with Crippen molar-refractivity contribution in [2.24, 2.45) is 0 Å². The summed E-state index contributed by atoms with van der Waals surface area (Å²) in [5, 5.41) is 2.99. The number of halogens is 2. The second kappa shape index (κ2) is 15.7. The average molecular weight is 647 g/mol. The summed E-state index contributed by atoms with van der Waals surface area (Å²) >= 11 is 3.44. The Labute approximate surface area is 250 Å². The van der Waals surface area contributed by atoms with E-state index in [0.717, 1.165) is 39.0 Å².